The fraction of sp³-hybridized carbons (Fsp3) is 0. The van der Waals surface area contributed by atoms with Gasteiger partial charge in [0.1, 0.15) is 5.94 Å². The molecule has 0 bridgehead atoms. The maximum absolute atomic E-state index is 11.3. The van der Waals surface area contributed by atoms with E-state index in [2.05, 4.69) is 0 Å². The monoisotopic (exact) mass is 172 g/mol. The van der Waals surface area contributed by atoms with Gasteiger partial charge in [0.15, 0.2) is 5.57 Å². The van der Waals surface area contributed by atoms with E-state index in [1.807, 2.05) is 0 Å². The highest BCUT2D eigenvalue weighted by Crippen LogP contribution is 2.23. The largest absolute Gasteiger partial charge is 0.288 e. The number of Topliss-reactive ketones (excluding diaryl/α,β-unsaturated/α-hetero) is 2. The molecule has 0 radical (unpaired) electrons. The van der Waals surface area contributed by atoms with Crippen LogP contribution in [0.25, 0.3) is 0 Å². The van der Waals surface area contributed by atoms with Gasteiger partial charge in [-0.3, -0.25) is 9.59 Å². The average Bonchev–Trinajstić information content (AvgIpc) is 2.41. The van der Waals surface area contributed by atoms with Crippen LogP contribution in [-0.4, -0.2) is 17.5 Å². The van der Waals surface area contributed by atoms with Crippen molar-refractivity contribution in [2.75, 3.05) is 0 Å². The molecule has 3 nitrogen and oxygen atoms in total. The third-order valence-corrected chi connectivity index (χ3v) is 1.97. The molecule has 0 atom stereocenters. The molecule has 0 spiro atoms. The molecule has 62 valence electrons. The summed E-state index contributed by atoms with van der Waals surface area (Å²) in [5.41, 5.74) is 0.206. The fourth-order valence-electron chi connectivity index (χ4n) is 1.34. The van der Waals surface area contributed by atoms with Crippen LogP contribution in [-0.2, 0) is 4.79 Å². The van der Waals surface area contributed by atoms with Crippen LogP contribution >= 0.6 is 0 Å². The zero-order valence-electron chi connectivity index (χ0n) is 6.53. The minimum absolute atomic E-state index is 0.297. The van der Waals surface area contributed by atoms with Gasteiger partial charge in [-0.05, 0) is 0 Å². The molecule has 2 rings (SSSR count). The maximum Gasteiger partial charge on any atom is 0.208 e. The summed E-state index contributed by atoms with van der Waals surface area (Å²) in [6, 6.07) is 6.36. The number of carbonyl (C=O) groups is 2. The van der Waals surface area contributed by atoms with Crippen LogP contribution in [0.2, 0.25) is 0 Å². The van der Waals surface area contributed by atoms with Gasteiger partial charge in [0.05, 0.1) is 0 Å². The number of benzene rings is 1. The standard InChI is InChI=1S/C10H4O3/c11-5-8-9(12)6-3-1-2-4-7(6)10(8)13/h1-4H. The molecule has 0 saturated heterocycles. The number of allylic oxidation sites excluding steroid dienone is 1. The molecule has 1 aliphatic rings. The fourth-order valence-corrected chi connectivity index (χ4v) is 1.34. The highest BCUT2D eigenvalue weighted by atomic mass is 16.2. The number of carbonyl (C=O) groups excluding carboxylic acids is 3. The van der Waals surface area contributed by atoms with E-state index in [1.54, 1.807) is 12.1 Å². The molecule has 13 heavy (non-hydrogen) atoms. The first kappa shape index (κ1) is 7.65. The Morgan fingerprint density at radius 1 is 0.923 bits per heavy atom. The van der Waals surface area contributed by atoms with Crippen molar-refractivity contribution in [3.63, 3.8) is 0 Å². The quantitative estimate of drug-likeness (QED) is 0.331. The molecular formula is C10H4O3. The van der Waals surface area contributed by atoms with Crippen LogP contribution in [0.15, 0.2) is 29.8 Å². The van der Waals surface area contributed by atoms with Crippen LogP contribution < -0.4 is 0 Å². The first-order valence-electron chi connectivity index (χ1n) is 3.69. The molecule has 1 aromatic rings. The molecule has 0 N–H and O–H groups in total. The van der Waals surface area contributed by atoms with Crippen molar-refractivity contribution in [1.82, 2.24) is 0 Å². The van der Waals surface area contributed by atoms with Crippen LogP contribution in [0.4, 0.5) is 0 Å². The van der Waals surface area contributed by atoms with Crippen LogP contribution in [0.5, 0.6) is 0 Å². The summed E-state index contributed by atoms with van der Waals surface area (Å²) in [6.07, 6.45) is 0. The summed E-state index contributed by atoms with van der Waals surface area (Å²) in [4.78, 5) is 32.9. The Morgan fingerprint density at radius 3 is 1.77 bits per heavy atom. The van der Waals surface area contributed by atoms with Crippen molar-refractivity contribution < 1.29 is 14.4 Å². The van der Waals surface area contributed by atoms with Crippen molar-refractivity contribution in [2.45, 2.75) is 0 Å². The van der Waals surface area contributed by atoms with Gasteiger partial charge in [-0.2, -0.15) is 0 Å². The van der Waals surface area contributed by atoms with E-state index in [4.69, 9.17) is 0 Å². The highest BCUT2D eigenvalue weighted by Gasteiger charge is 2.33. The molecule has 1 aliphatic carbocycles. The third-order valence-electron chi connectivity index (χ3n) is 1.97. The van der Waals surface area contributed by atoms with Crippen molar-refractivity contribution in [2.24, 2.45) is 0 Å². The Balaban J connectivity index is 2.78. The molecule has 0 amide bonds. The summed E-state index contributed by atoms with van der Waals surface area (Å²) in [6.45, 7) is 0. The molecule has 0 heterocycles. The lowest BCUT2D eigenvalue weighted by Gasteiger charge is -1.90. The Bertz CT molecular complexity index is 428. The predicted molar refractivity (Wildman–Crippen MR) is 44.3 cm³/mol. The van der Waals surface area contributed by atoms with Gasteiger partial charge in [0.2, 0.25) is 11.6 Å². The molecular weight excluding hydrogens is 168 g/mol. The minimum Gasteiger partial charge on any atom is -0.288 e. The van der Waals surface area contributed by atoms with Crippen molar-refractivity contribution in [3.05, 3.63) is 41.0 Å². The van der Waals surface area contributed by atoms with Crippen LogP contribution in [0, 0.1) is 0 Å². The second-order valence-corrected chi connectivity index (χ2v) is 2.68. The smallest absolute Gasteiger partial charge is 0.208 e. The first-order chi connectivity index (χ1) is 6.25. The third kappa shape index (κ3) is 0.880. The maximum atomic E-state index is 11.3. The van der Waals surface area contributed by atoms with E-state index >= 15 is 0 Å². The van der Waals surface area contributed by atoms with Crippen LogP contribution in [0.1, 0.15) is 20.7 Å². The molecule has 0 aromatic heterocycles. The molecule has 0 saturated carbocycles. The van der Waals surface area contributed by atoms with E-state index in [-0.39, 0.29) is 5.57 Å². The van der Waals surface area contributed by atoms with E-state index in [1.165, 1.54) is 18.1 Å². The molecule has 1 aromatic carbocycles. The van der Waals surface area contributed by atoms with Gasteiger partial charge in [0, 0.05) is 11.1 Å². The normalized spacial score (nSPS) is 14.3. The average molecular weight is 172 g/mol. The summed E-state index contributed by atoms with van der Waals surface area (Å²) in [5.74, 6) is 0.342. The second-order valence-electron chi connectivity index (χ2n) is 2.68. The molecule has 0 aliphatic heterocycles. The zero-order valence-corrected chi connectivity index (χ0v) is 6.53. The SMILES string of the molecule is O=C=C1C(=O)c2ccccc2C1=O. The number of ketones is 2. The summed E-state index contributed by atoms with van der Waals surface area (Å²) < 4.78 is 0. The second kappa shape index (κ2) is 2.51. The lowest BCUT2D eigenvalue weighted by molar-refractivity contribution is 0.0991. The van der Waals surface area contributed by atoms with Crippen LogP contribution in [0.3, 0.4) is 0 Å². The van der Waals surface area contributed by atoms with E-state index in [0.717, 1.165) is 0 Å². The summed E-state index contributed by atoms with van der Waals surface area (Å²) in [7, 11) is 0. The Hall–Kier alpha value is -1.99. The lowest BCUT2D eigenvalue weighted by atomic mass is 10.1. The van der Waals surface area contributed by atoms with Gasteiger partial charge >= 0.3 is 0 Å². The van der Waals surface area contributed by atoms with E-state index < -0.39 is 11.6 Å². The van der Waals surface area contributed by atoms with Gasteiger partial charge in [-0.25, -0.2) is 4.79 Å². The Labute approximate surface area is 73.7 Å². The summed E-state index contributed by atoms with van der Waals surface area (Å²) >= 11 is 0. The number of fused-ring (bicyclic) bond motifs is 1. The first-order valence-corrected chi connectivity index (χ1v) is 3.69. The number of hydrogen-bond acceptors (Lipinski definition) is 3. The highest BCUT2D eigenvalue weighted by molar-refractivity contribution is 6.42. The number of hydrogen-bond donors (Lipinski definition) is 0. The zero-order chi connectivity index (χ0) is 9.42. The van der Waals surface area contributed by atoms with Crippen molar-refractivity contribution >= 4 is 17.5 Å². The summed E-state index contributed by atoms with van der Waals surface area (Å²) in [5, 5.41) is 0. The Morgan fingerprint density at radius 2 is 1.38 bits per heavy atom. The predicted octanol–water partition coefficient (Wildman–Crippen LogP) is 0.824. The Kier molecular flexibility index (Phi) is 1.47. The van der Waals surface area contributed by atoms with Gasteiger partial charge in [0.25, 0.3) is 0 Å². The van der Waals surface area contributed by atoms with E-state index in [9.17, 15) is 14.4 Å². The lowest BCUT2D eigenvalue weighted by Crippen LogP contribution is -2.00. The molecule has 3 heteroatoms. The van der Waals surface area contributed by atoms with Crippen molar-refractivity contribution in [3.8, 4) is 0 Å². The van der Waals surface area contributed by atoms with Gasteiger partial charge in [-0.15, -0.1) is 0 Å². The van der Waals surface area contributed by atoms with E-state index in [0.29, 0.717) is 11.1 Å². The molecule has 0 fully saturated rings. The minimum atomic E-state index is -0.518. The van der Waals surface area contributed by atoms with Gasteiger partial charge < -0.3 is 0 Å². The molecule has 0 unspecified atom stereocenters. The van der Waals surface area contributed by atoms with Crippen molar-refractivity contribution in [1.29, 1.82) is 0 Å². The number of rotatable bonds is 0. The van der Waals surface area contributed by atoms with Gasteiger partial charge in [-0.1, -0.05) is 24.3 Å². The topological polar surface area (TPSA) is 51.2 Å².